The highest BCUT2D eigenvalue weighted by Gasteiger charge is 2.13. The molecule has 2 aromatic heterocycles. The Kier molecular flexibility index (Phi) is 4.26. The van der Waals surface area contributed by atoms with Crippen molar-refractivity contribution >= 4 is 27.9 Å². The number of amides is 1. The highest BCUT2D eigenvalue weighted by molar-refractivity contribution is 7.15. The van der Waals surface area contributed by atoms with E-state index >= 15 is 0 Å². The third-order valence-electron chi connectivity index (χ3n) is 4.12. The number of thiazole rings is 1. The lowest BCUT2D eigenvalue weighted by Gasteiger charge is -2.05. The van der Waals surface area contributed by atoms with Crippen molar-refractivity contribution in [3.8, 4) is 11.3 Å². The Bertz CT molecular complexity index is 1080. The molecule has 0 aliphatic carbocycles. The highest BCUT2D eigenvalue weighted by atomic mass is 32.1. The van der Waals surface area contributed by atoms with Crippen LogP contribution in [0.5, 0.6) is 0 Å². The zero-order valence-electron chi connectivity index (χ0n) is 14.1. The number of carbonyl (C=O) groups excluding carboxylic acids is 1. The van der Waals surface area contributed by atoms with Gasteiger partial charge in [-0.3, -0.25) is 9.20 Å². The van der Waals surface area contributed by atoms with Crippen molar-refractivity contribution in [1.82, 2.24) is 9.38 Å². The van der Waals surface area contributed by atoms with Gasteiger partial charge in [-0.1, -0.05) is 42.0 Å². The molecule has 1 amide bonds. The van der Waals surface area contributed by atoms with E-state index in [2.05, 4.69) is 10.3 Å². The largest absolute Gasteiger partial charge is 0.323 e. The normalized spacial score (nSPS) is 11.0. The molecule has 6 heteroatoms. The fourth-order valence-electron chi connectivity index (χ4n) is 2.74. The molecule has 0 radical (unpaired) electrons. The van der Waals surface area contributed by atoms with Gasteiger partial charge in [0.15, 0.2) is 4.96 Å². The first-order valence-electron chi connectivity index (χ1n) is 8.17. The summed E-state index contributed by atoms with van der Waals surface area (Å²) < 4.78 is 15.6. The number of aryl methyl sites for hydroxylation is 1. The summed E-state index contributed by atoms with van der Waals surface area (Å²) in [6.07, 6.45) is 2.08. The number of nitrogens with one attached hydrogen (secondary N) is 1. The molecule has 0 bridgehead atoms. The molecule has 4 aromatic rings. The second-order valence-corrected chi connectivity index (χ2v) is 6.91. The minimum atomic E-state index is -0.444. The van der Waals surface area contributed by atoms with Gasteiger partial charge in [-0.05, 0) is 19.1 Å². The average Bonchev–Trinajstić information content (AvgIpc) is 3.20. The van der Waals surface area contributed by atoms with Crippen LogP contribution in [0.3, 0.4) is 0 Å². The van der Waals surface area contributed by atoms with Crippen molar-refractivity contribution in [1.29, 1.82) is 0 Å². The van der Waals surface area contributed by atoms with Gasteiger partial charge in [0, 0.05) is 22.8 Å². The van der Waals surface area contributed by atoms with Crippen molar-refractivity contribution < 1.29 is 9.18 Å². The van der Waals surface area contributed by atoms with Crippen LogP contribution in [-0.2, 0) is 11.2 Å². The SMILES string of the molecule is Cc1ccc(-c2cn3c(CC(=O)Nc4ccccc4F)csc3n2)cc1. The smallest absolute Gasteiger partial charge is 0.230 e. The summed E-state index contributed by atoms with van der Waals surface area (Å²) in [5.41, 5.74) is 4.11. The molecule has 26 heavy (non-hydrogen) atoms. The van der Waals surface area contributed by atoms with Crippen molar-refractivity contribution in [3.63, 3.8) is 0 Å². The summed E-state index contributed by atoms with van der Waals surface area (Å²) in [6.45, 7) is 2.04. The van der Waals surface area contributed by atoms with E-state index in [1.54, 1.807) is 18.2 Å². The van der Waals surface area contributed by atoms with Gasteiger partial charge in [0.2, 0.25) is 5.91 Å². The summed E-state index contributed by atoms with van der Waals surface area (Å²) in [7, 11) is 0. The van der Waals surface area contributed by atoms with Gasteiger partial charge in [-0.2, -0.15) is 0 Å². The molecule has 0 saturated heterocycles. The van der Waals surface area contributed by atoms with E-state index in [9.17, 15) is 9.18 Å². The number of nitrogens with zero attached hydrogens (tertiary/aromatic N) is 2. The number of aromatic nitrogens is 2. The summed E-state index contributed by atoms with van der Waals surface area (Å²) in [5, 5.41) is 4.52. The maximum absolute atomic E-state index is 13.7. The maximum Gasteiger partial charge on any atom is 0.230 e. The topological polar surface area (TPSA) is 46.4 Å². The van der Waals surface area contributed by atoms with Gasteiger partial charge in [0.05, 0.1) is 17.8 Å². The van der Waals surface area contributed by atoms with Crippen LogP contribution < -0.4 is 5.32 Å². The minimum Gasteiger partial charge on any atom is -0.323 e. The molecule has 130 valence electrons. The van der Waals surface area contributed by atoms with E-state index in [4.69, 9.17) is 0 Å². The quantitative estimate of drug-likeness (QED) is 0.570. The first kappa shape index (κ1) is 16.5. The number of hydrogen-bond donors (Lipinski definition) is 1. The zero-order chi connectivity index (χ0) is 18.1. The predicted molar refractivity (Wildman–Crippen MR) is 102 cm³/mol. The van der Waals surface area contributed by atoms with Crippen molar-refractivity contribution in [2.75, 3.05) is 5.32 Å². The second kappa shape index (κ2) is 6.72. The molecule has 0 saturated carbocycles. The lowest BCUT2D eigenvalue weighted by atomic mass is 10.1. The van der Waals surface area contributed by atoms with E-state index in [0.29, 0.717) is 0 Å². The standard InChI is InChI=1S/C20H16FN3OS/c1-13-6-8-14(9-7-13)18-11-24-15(12-26-20(24)23-18)10-19(25)22-17-5-3-2-4-16(17)21/h2-9,11-12H,10H2,1H3,(H,22,25). The second-order valence-electron chi connectivity index (χ2n) is 6.08. The molecule has 0 fully saturated rings. The summed E-state index contributed by atoms with van der Waals surface area (Å²) in [6, 6.07) is 14.3. The average molecular weight is 365 g/mol. The summed E-state index contributed by atoms with van der Waals surface area (Å²) in [4.78, 5) is 17.7. The molecule has 2 heterocycles. The zero-order valence-corrected chi connectivity index (χ0v) is 14.9. The van der Waals surface area contributed by atoms with Gasteiger partial charge in [0.25, 0.3) is 0 Å². The van der Waals surface area contributed by atoms with Gasteiger partial charge >= 0.3 is 0 Å². The Labute approximate surface area is 153 Å². The molecule has 1 N–H and O–H groups in total. The molecule has 0 atom stereocenters. The van der Waals surface area contributed by atoms with Crippen LogP contribution in [0.1, 0.15) is 11.3 Å². The number of hydrogen-bond acceptors (Lipinski definition) is 3. The fraction of sp³-hybridized carbons (Fsp3) is 0.100. The van der Waals surface area contributed by atoms with Gasteiger partial charge < -0.3 is 5.32 Å². The molecular weight excluding hydrogens is 349 g/mol. The number of anilines is 1. The van der Waals surface area contributed by atoms with Gasteiger partial charge in [0.1, 0.15) is 5.82 Å². The highest BCUT2D eigenvalue weighted by Crippen LogP contribution is 2.24. The number of rotatable bonds is 4. The molecule has 4 nitrogen and oxygen atoms in total. The Morgan fingerprint density at radius 1 is 1.19 bits per heavy atom. The van der Waals surface area contributed by atoms with Crippen LogP contribution in [0.4, 0.5) is 10.1 Å². The predicted octanol–water partition coefficient (Wildman–Crippen LogP) is 4.69. The molecule has 0 aliphatic rings. The summed E-state index contributed by atoms with van der Waals surface area (Å²) >= 11 is 1.48. The fourth-order valence-corrected chi connectivity index (χ4v) is 3.61. The molecular formula is C20H16FN3OS. The van der Waals surface area contributed by atoms with Crippen LogP contribution in [0.15, 0.2) is 60.1 Å². The third-order valence-corrected chi connectivity index (χ3v) is 5.01. The van der Waals surface area contributed by atoms with Crippen LogP contribution in [0.2, 0.25) is 0 Å². The first-order chi connectivity index (χ1) is 12.6. The number of fused-ring (bicyclic) bond motifs is 1. The van der Waals surface area contributed by atoms with Crippen molar-refractivity contribution in [3.05, 3.63) is 77.2 Å². The third kappa shape index (κ3) is 3.23. The van der Waals surface area contributed by atoms with Crippen molar-refractivity contribution in [2.24, 2.45) is 0 Å². The Morgan fingerprint density at radius 3 is 2.73 bits per heavy atom. The monoisotopic (exact) mass is 365 g/mol. The molecule has 0 aliphatic heterocycles. The maximum atomic E-state index is 13.7. The van der Waals surface area contributed by atoms with Gasteiger partial charge in [-0.15, -0.1) is 11.3 Å². The van der Waals surface area contributed by atoms with E-state index in [-0.39, 0.29) is 18.0 Å². The molecule has 4 rings (SSSR count). The van der Waals surface area contributed by atoms with Crippen LogP contribution in [0.25, 0.3) is 16.2 Å². The van der Waals surface area contributed by atoms with Crippen LogP contribution in [-0.4, -0.2) is 15.3 Å². The van der Waals surface area contributed by atoms with Crippen LogP contribution >= 0.6 is 11.3 Å². The molecule has 0 spiro atoms. The summed E-state index contributed by atoms with van der Waals surface area (Å²) in [5.74, 6) is -0.707. The number of carbonyl (C=O) groups is 1. The lowest BCUT2D eigenvalue weighted by molar-refractivity contribution is -0.115. The number of halogens is 1. The number of imidazole rings is 1. The lowest BCUT2D eigenvalue weighted by Crippen LogP contribution is -2.16. The number of benzene rings is 2. The van der Waals surface area contributed by atoms with E-state index in [1.807, 2.05) is 47.2 Å². The van der Waals surface area contributed by atoms with Crippen LogP contribution in [0, 0.1) is 12.7 Å². The van der Waals surface area contributed by atoms with E-state index in [1.165, 1.54) is 23.0 Å². The molecule has 2 aromatic carbocycles. The van der Waals surface area contributed by atoms with Crippen molar-refractivity contribution in [2.45, 2.75) is 13.3 Å². The van der Waals surface area contributed by atoms with E-state index in [0.717, 1.165) is 21.9 Å². The first-order valence-corrected chi connectivity index (χ1v) is 9.05. The Hall–Kier alpha value is -2.99. The number of para-hydroxylation sites is 1. The molecule has 0 unspecified atom stereocenters. The Balaban J connectivity index is 1.56. The van der Waals surface area contributed by atoms with Gasteiger partial charge in [-0.25, -0.2) is 9.37 Å². The van der Waals surface area contributed by atoms with E-state index < -0.39 is 5.82 Å². The Morgan fingerprint density at radius 2 is 1.96 bits per heavy atom. The minimum absolute atomic E-state index is 0.151.